The molecule has 0 saturated carbocycles. The van der Waals surface area contributed by atoms with Gasteiger partial charge in [0.15, 0.2) is 5.82 Å². The molecule has 1 heterocycles. The van der Waals surface area contributed by atoms with Crippen LogP contribution in [0.3, 0.4) is 0 Å². The van der Waals surface area contributed by atoms with E-state index in [0.29, 0.717) is 24.8 Å². The highest BCUT2D eigenvalue weighted by molar-refractivity contribution is 5.32. The monoisotopic (exact) mass is 224 g/mol. The maximum absolute atomic E-state index is 11.9. The summed E-state index contributed by atoms with van der Waals surface area (Å²) in [7, 11) is 0. The second-order valence-corrected chi connectivity index (χ2v) is 4.01. The first-order valence-electron chi connectivity index (χ1n) is 5.62. The molecular weight excluding hydrogens is 204 g/mol. The molecule has 0 fully saturated rings. The van der Waals surface area contributed by atoms with E-state index in [1.807, 2.05) is 20.8 Å². The first kappa shape index (κ1) is 12.7. The summed E-state index contributed by atoms with van der Waals surface area (Å²) in [4.78, 5) is 15.9. The summed E-state index contributed by atoms with van der Waals surface area (Å²) in [5, 5.41) is 3.11. The van der Waals surface area contributed by atoms with Gasteiger partial charge in [0.2, 0.25) is 0 Å². The first-order valence-corrected chi connectivity index (χ1v) is 5.62. The number of hydrogen-bond acceptors (Lipinski definition) is 4. The fraction of sp³-hybridized carbons (Fsp3) is 0.636. The van der Waals surface area contributed by atoms with E-state index >= 15 is 0 Å². The molecule has 0 amide bonds. The number of nitrogens with two attached hydrogens (primary N) is 1. The Bertz CT molecular complexity index is 388. The van der Waals surface area contributed by atoms with Gasteiger partial charge in [-0.05, 0) is 26.3 Å². The Morgan fingerprint density at radius 1 is 1.56 bits per heavy atom. The van der Waals surface area contributed by atoms with E-state index in [1.54, 1.807) is 17.0 Å². The lowest BCUT2D eigenvalue weighted by atomic mass is 10.0. The zero-order valence-corrected chi connectivity index (χ0v) is 10.1. The van der Waals surface area contributed by atoms with E-state index in [-0.39, 0.29) is 11.6 Å². The molecule has 0 aromatic carbocycles. The molecule has 0 bridgehead atoms. The zero-order valence-electron chi connectivity index (χ0n) is 10.1. The molecule has 1 aromatic heterocycles. The summed E-state index contributed by atoms with van der Waals surface area (Å²) >= 11 is 0. The van der Waals surface area contributed by atoms with E-state index in [2.05, 4.69) is 10.3 Å². The lowest BCUT2D eigenvalue weighted by Crippen LogP contribution is -2.33. The highest BCUT2D eigenvalue weighted by Gasteiger charge is 2.12. The van der Waals surface area contributed by atoms with Crippen LogP contribution in [0.1, 0.15) is 20.8 Å². The van der Waals surface area contributed by atoms with Crippen LogP contribution < -0.4 is 16.6 Å². The summed E-state index contributed by atoms with van der Waals surface area (Å²) in [6.07, 6.45) is 3.32. The van der Waals surface area contributed by atoms with Crippen molar-refractivity contribution in [1.82, 2.24) is 9.55 Å². The van der Waals surface area contributed by atoms with Gasteiger partial charge in [-0.2, -0.15) is 0 Å². The van der Waals surface area contributed by atoms with Gasteiger partial charge < -0.3 is 15.6 Å². The van der Waals surface area contributed by atoms with Gasteiger partial charge in [0.25, 0.3) is 5.56 Å². The number of rotatable bonds is 5. The van der Waals surface area contributed by atoms with Crippen molar-refractivity contribution in [1.29, 1.82) is 0 Å². The van der Waals surface area contributed by atoms with Gasteiger partial charge in [0.1, 0.15) is 0 Å². The number of aromatic nitrogens is 2. The van der Waals surface area contributed by atoms with Crippen LogP contribution in [0.5, 0.6) is 0 Å². The Hall–Kier alpha value is -1.36. The second-order valence-electron chi connectivity index (χ2n) is 4.01. The molecule has 2 atom stereocenters. The molecule has 1 rings (SSSR count). The highest BCUT2D eigenvalue weighted by Crippen LogP contribution is 2.05. The van der Waals surface area contributed by atoms with Crippen LogP contribution in [0.25, 0.3) is 0 Å². The standard InChI is InChI=1S/C11H20N4O/c1-4-15-6-5-13-10(11(15)16)14-9(3)8(2)7-12/h5-6,8-9H,4,7,12H2,1-3H3,(H,13,14). The summed E-state index contributed by atoms with van der Waals surface area (Å²) in [5.74, 6) is 0.702. The molecule has 0 aliphatic rings. The Labute approximate surface area is 95.7 Å². The minimum atomic E-state index is -0.0823. The summed E-state index contributed by atoms with van der Waals surface area (Å²) in [6, 6.07) is 0.137. The normalized spacial score (nSPS) is 14.5. The molecule has 0 saturated heterocycles. The SMILES string of the molecule is CCn1ccnc(NC(C)C(C)CN)c1=O. The van der Waals surface area contributed by atoms with Crippen LogP contribution in [-0.2, 0) is 6.54 Å². The topological polar surface area (TPSA) is 72.9 Å². The van der Waals surface area contributed by atoms with E-state index in [9.17, 15) is 4.79 Å². The van der Waals surface area contributed by atoms with Gasteiger partial charge in [-0.1, -0.05) is 6.92 Å². The van der Waals surface area contributed by atoms with Gasteiger partial charge >= 0.3 is 0 Å². The van der Waals surface area contributed by atoms with Crippen molar-refractivity contribution in [2.24, 2.45) is 11.7 Å². The Balaban J connectivity index is 2.85. The van der Waals surface area contributed by atoms with E-state index in [0.717, 1.165) is 0 Å². The molecule has 1 aromatic rings. The van der Waals surface area contributed by atoms with E-state index in [1.165, 1.54) is 0 Å². The molecule has 0 radical (unpaired) electrons. The smallest absolute Gasteiger partial charge is 0.293 e. The molecule has 0 aliphatic heterocycles. The maximum Gasteiger partial charge on any atom is 0.293 e. The predicted molar refractivity (Wildman–Crippen MR) is 65.5 cm³/mol. The third-order valence-corrected chi connectivity index (χ3v) is 2.84. The average Bonchev–Trinajstić information content (AvgIpc) is 2.30. The van der Waals surface area contributed by atoms with Crippen molar-refractivity contribution in [3.63, 3.8) is 0 Å². The Kier molecular flexibility index (Phi) is 4.49. The van der Waals surface area contributed by atoms with Crippen molar-refractivity contribution >= 4 is 5.82 Å². The number of nitrogens with zero attached hydrogens (tertiary/aromatic N) is 2. The average molecular weight is 224 g/mol. The minimum absolute atomic E-state index is 0.0823. The molecule has 16 heavy (non-hydrogen) atoms. The van der Waals surface area contributed by atoms with E-state index < -0.39 is 0 Å². The van der Waals surface area contributed by atoms with Crippen LogP contribution in [0.15, 0.2) is 17.2 Å². The number of nitrogens with one attached hydrogen (secondary N) is 1. The lowest BCUT2D eigenvalue weighted by molar-refractivity contribution is 0.518. The van der Waals surface area contributed by atoms with Crippen molar-refractivity contribution in [2.45, 2.75) is 33.4 Å². The molecule has 2 unspecified atom stereocenters. The van der Waals surface area contributed by atoms with Gasteiger partial charge in [-0.25, -0.2) is 4.98 Å². The summed E-state index contributed by atoms with van der Waals surface area (Å²) in [5.41, 5.74) is 5.49. The van der Waals surface area contributed by atoms with Crippen LogP contribution in [0, 0.1) is 5.92 Å². The zero-order chi connectivity index (χ0) is 12.1. The van der Waals surface area contributed by atoms with E-state index in [4.69, 9.17) is 5.73 Å². The second kappa shape index (κ2) is 5.65. The molecule has 0 spiro atoms. The number of hydrogen-bond donors (Lipinski definition) is 2. The third-order valence-electron chi connectivity index (χ3n) is 2.84. The molecule has 0 aliphatic carbocycles. The van der Waals surface area contributed by atoms with Gasteiger partial charge in [-0.15, -0.1) is 0 Å². The highest BCUT2D eigenvalue weighted by atomic mass is 16.1. The molecule has 3 N–H and O–H groups in total. The summed E-state index contributed by atoms with van der Waals surface area (Å²) < 4.78 is 1.62. The van der Waals surface area contributed by atoms with Crippen molar-refractivity contribution in [3.8, 4) is 0 Å². The molecule has 5 nitrogen and oxygen atoms in total. The van der Waals surface area contributed by atoms with Crippen LogP contribution >= 0.6 is 0 Å². The number of aryl methyl sites for hydroxylation is 1. The van der Waals surface area contributed by atoms with Crippen molar-refractivity contribution in [3.05, 3.63) is 22.7 Å². The quantitative estimate of drug-likeness (QED) is 0.770. The van der Waals surface area contributed by atoms with Gasteiger partial charge in [0, 0.05) is 25.0 Å². The first-order chi connectivity index (χ1) is 7.60. The Morgan fingerprint density at radius 3 is 2.81 bits per heavy atom. The fourth-order valence-electron chi connectivity index (χ4n) is 1.36. The fourth-order valence-corrected chi connectivity index (χ4v) is 1.36. The van der Waals surface area contributed by atoms with Crippen LogP contribution in [-0.4, -0.2) is 22.1 Å². The van der Waals surface area contributed by atoms with Gasteiger partial charge in [0.05, 0.1) is 0 Å². The number of anilines is 1. The largest absolute Gasteiger partial charge is 0.363 e. The minimum Gasteiger partial charge on any atom is -0.363 e. The van der Waals surface area contributed by atoms with Gasteiger partial charge in [-0.3, -0.25) is 4.79 Å². The Morgan fingerprint density at radius 2 is 2.25 bits per heavy atom. The molecule has 90 valence electrons. The summed E-state index contributed by atoms with van der Waals surface area (Å²) in [6.45, 7) is 7.21. The lowest BCUT2D eigenvalue weighted by Gasteiger charge is -2.20. The molecular formula is C11H20N4O. The van der Waals surface area contributed by atoms with Crippen LogP contribution in [0.4, 0.5) is 5.82 Å². The van der Waals surface area contributed by atoms with Crippen LogP contribution in [0.2, 0.25) is 0 Å². The van der Waals surface area contributed by atoms with Crippen molar-refractivity contribution in [2.75, 3.05) is 11.9 Å². The third kappa shape index (κ3) is 2.82. The van der Waals surface area contributed by atoms with Crippen molar-refractivity contribution < 1.29 is 0 Å². The molecule has 5 heteroatoms. The maximum atomic E-state index is 11.9. The predicted octanol–water partition coefficient (Wildman–Crippen LogP) is 0.658.